The third-order valence-corrected chi connectivity index (χ3v) is 8.28. The van der Waals surface area contributed by atoms with Crippen molar-refractivity contribution in [1.82, 2.24) is 10.2 Å². The summed E-state index contributed by atoms with van der Waals surface area (Å²) in [7, 11) is 0. The van der Waals surface area contributed by atoms with Crippen LogP contribution < -0.4 is 5.32 Å². The molecule has 1 amide bonds. The second-order valence-electron chi connectivity index (χ2n) is 7.60. The van der Waals surface area contributed by atoms with Crippen LogP contribution >= 0.6 is 34.7 Å². The smallest absolute Gasteiger partial charge is 0.261 e. The summed E-state index contributed by atoms with van der Waals surface area (Å²) >= 11 is 9.53. The van der Waals surface area contributed by atoms with E-state index in [4.69, 9.17) is 11.6 Å². The predicted octanol–water partition coefficient (Wildman–Crippen LogP) is 6.06. The number of benzene rings is 1. The molecule has 0 bridgehead atoms. The van der Waals surface area contributed by atoms with Crippen LogP contribution in [-0.4, -0.2) is 36.5 Å². The van der Waals surface area contributed by atoms with Gasteiger partial charge in [0, 0.05) is 45.2 Å². The van der Waals surface area contributed by atoms with Crippen molar-refractivity contribution in [2.45, 2.75) is 55.7 Å². The Bertz CT molecular complexity index is 851. The molecule has 1 unspecified atom stereocenters. The molecule has 2 aromatic rings. The first-order valence-corrected chi connectivity index (χ1v) is 12.4. The molecular formula is C22H27ClN2OS2. The van der Waals surface area contributed by atoms with E-state index >= 15 is 0 Å². The number of nitrogens with one attached hydrogen (secondary N) is 1. The third kappa shape index (κ3) is 4.43. The maximum atomic E-state index is 12.7. The largest absolute Gasteiger partial charge is 0.351 e. The predicted molar refractivity (Wildman–Crippen MR) is 121 cm³/mol. The lowest BCUT2D eigenvalue weighted by atomic mass is 10.00. The van der Waals surface area contributed by atoms with Crippen molar-refractivity contribution < 1.29 is 4.79 Å². The lowest BCUT2D eigenvalue weighted by Gasteiger charge is -2.35. The minimum Gasteiger partial charge on any atom is -0.351 e. The first-order chi connectivity index (χ1) is 13.7. The molecule has 4 rings (SSSR count). The summed E-state index contributed by atoms with van der Waals surface area (Å²) in [6, 6.07) is 8.83. The molecule has 3 nitrogen and oxygen atoms in total. The van der Waals surface area contributed by atoms with Gasteiger partial charge in [0.25, 0.3) is 5.91 Å². The molecule has 3 heterocycles. The van der Waals surface area contributed by atoms with E-state index in [1.54, 1.807) is 23.1 Å². The zero-order chi connectivity index (χ0) is 19.5. The summed E-state index contributed by atoms with van der Waals surface area (Å²) in [5.74, 6) is 0.963. The second kappa shape index (κ2) is 9.21. The fourth-order valence-electron chi connectivity index (χ4n) is 4.22. The Morgan fingerprint density at radius 2 is 2.21 bits per heavy atom. The number of amides is 1. The van der Waals surface area contributed by atoms with E-state index in [9.17, 15) is 4.79 Å². The van der Waals surface area contributed by atoms with Gasteiger partial charge in [0.05, 0.1) is 4.88 Å². The van der Waals surface area contributed by atoms with Crippen molar-refractivity contribution in [3.63, 3.8) is 0 Å². The van der Waals surface area contributed by atoms with Gasteiger partial charge in [-0.05, 0) is 56.0 Å². The highest BCUT2D eigenvalue weighted by Crippen LogP contribution is 2.46. The Balaban J connectivity index is 1.33. The Labute approximate surface area is 180 Å². The van der Waals surface area contributed by atoms with Crippen molar-refractivity contribution in [1.29, 1.82) is 0 Å². The van der Waals surface area contributed by atoms with Crippen LogP contribution in [0.15, 0.2) is 29.2 Å². The van der Waals surface area contributed by atoms with Crippen molar-refractivity contribution >= 4 is 40.6 Å². The van der Waals surface area contributed by atoms with Gasteiger partial charge in [-0.15, -0.1) is 23.1 Å². The number of fused-ring (bicyclic) bond motifs is 3. The van der Waals surface area contributed by atoms with E-state index in [-0.39, 0.29) is 5.91 Å². The highest BCUT2D eigenvalue weighted by atomic mass is 35.5. The Morgan fingerprint density at radius 1 is 1.32 bits per heavy atom. The molecule has 0 radical (unpaired) electrons. The van der Waals surface area contributed by atoms with Crippen LogP contribution in [0.2, 0.25) is 5.02 Å². The van der Waals surface area contributed by atoms with Crippen molar-refractivity contribution in [3.05, 3.63) is 39.7 Å². The average molecular weight is 435 g/mol. The minimum atomic E-state index is 0.0607. The van der Waals surface area contributed by atoms with Gasteiger partial charge in [-0.25, -0.2) is 0 Å². The maximum Gasteiger partial charge on any atom is 0.261 e. The lowest BCUT2D eigenvalue weighted by Crippen LogP contribution is -2.40. The first-order valence-electron chi connectivity index (χ1n) is 10.2. The van der Waals surface area contributed by atoms with Crippen molar-refractivity contribution in [3.8, 4) is 10.4 Å². The van der Waals surface area contributed by atoms with E-state index in [2.05, 4.69) is 29.3 Å². The molecule has 6 heteroatoms. The zero-order valence-corrected chi connectivity index (χ0v) is 18.7. The first kappa shape index (κ1) is 20.3. The molecule has 1 atom stereocenters. The van der Waals surface area contributed by atoms with Crippen LogP contribution in [0, 0.1) is 0 Å². The van der Waals surface area contributed by atoms with Gasteiger partial charge < -0.3 is 10.2 Å². The van der Waals surface area contributed by atoms with Crippen LogP contribution in [0.25, 0.3) is 10.4 Å². The number of carbonyl (C=O) groups is 1. The third-order valence-electron chi connectivity index (χ3n) is 5.73. The molecule has 1 aromatic carbocycles. The molecule has 0 aliphatic carbocycles. The van der Waals surface area contributed by atoms with Crippen LogP contribution in [0.4, 0.5) is 0 Å². The maximum absolute atomic E-state index is 12.7. The van der Waals surface area contributed by atoms with E-state index in [0.717, 1.165) is 41.2 Å². The highest BCUT2D eigenvalue weighted by Gasteiger charge is 2.23. The number of thiophene rings is 1. The number of halogens is 1. The number of rotatable bonds is 6. The standard InChI is InChI=1S/C22H27ClN2OS2/c1-2-17-6-3-4-10-25(17)11-5-9-24-22(26)20-12-15-14-27-19-13-16(23)7-8-18(19)21(15)28-20/h7-8,12-13,17H,2-6,9-11,14H2,1H3,(H,24,26). The van der Waals surface area contributed by atoms with Crippen LogP contribution in [0.1, 0.15) is 54.3 Å². The number of nitrogens with zero attached hydrogens (tertiary/aromatic N) is 1. The quantitative estimate of drug-likeness (QED) is 0.561. The topological polar surface area (TPSA) is 32.3 Å². The fourth-order valence-corrected chi connectivity index (χ4v) is 6.83. The number of likely N-dealkylation sites (tertiary alicyclic amines) is 1. The number of thioether (sulfide) groups is 1. The molecule has 1 saturated heterocycles. The number of hydrogen-bond donors (Lipinski definition) is 1. The van der Waals surface area contributed by atoms with Crippen molar-refractivity contribution in [2.24, 2.45) is 0 Å². The van der Waals surface area contributed by atoms with E-state index in [1.165, 1.54) is 53.1 Å². The van der Waals surface area contributed by atoms with E-state index in [1.807, 2.05) is 12.1 Å². The van der Waals surface area contributed by atoms with Crippen LogP contribution in [0.3, 0.4) is 0 Å². The van der Waals surface area contributed by atoms with Gasteiger partial charge >= 0.3 is 0 Å². The Kier molecular flexibility index (Phi) is 6.66. The number of piperidine rings is 1. The molecular weight excluding hydrogens is 408 g/mol. The van der Waals surface area contributed by atoms with Gasteiger partial charge in [0.1, 0.15) is 0 Å². The summed E-state index contributed by atoms with van der Waals surface area (Å²) in [5, 5.41) is 3.90. The second-order valence-corrected chi connectivity index (χ2v) is 10.1. The van der Waals surface area contributed by atoms with Gasteiger partial charge in [-0.1, -0.05) is 31.0 Å². The fraction of sp³-hybridized carbons (Fsp3) is 0.500. The van der Waals surface area contributed by atoms with Gasteiger partial charge in [-0.2, -0.15) is 0 Å². The molecule has 1 aromatic heterocycles. The normalized spacial score (nSPS) is 19.1. The van der Waals surface area contributed by atoms with Gasteiger partial charge in [0.2, 0.25) is 0 Å². The zero-order valence-electron chi connectivity index (χ0n) is 16.3. The lowest BCUT2D eigenvalue weighted by molar-refractivity contribution is 0.0951. The monoisotopic (exact) mass is 434 g/mol. The molecule has 2 aliphatic heterocycles. The molecule has 1 fully saturated rings. The summed E-state index contributed by atoms with van der Waals surface area (Å²) in [4.78, 5) is 18.5. The van der Waals surface area contributed by atoms with Gasteiger partial charge in [-0.3, -0.25) is 4.79 Å². The summed E-state index contributed by atoms with van der Waals surface area (Å²) in [6.45, 7) is 5.33. The number of hydrogen-bond acceptors (Lipinski definition) is 4. The van der Waals surface area contributed by atoms with Crippen molar-refractivity contribution in [2.75, 3.05) is 19.6 Å². The van der Waals surface area contributed by atoms with E-state index in [0.29, 0.717) is 0 Å². The Hall–Kier alpha value is -1.01. The SMILES string of the molecule is CCC1CCCCN1CCCNC(=O)c1cc2c(s1)-c1ccc(Cl)cc1SC2. The summed E-state index contributed by atoms with van der Waals surface area (Å²) in [5.41, 5.74) is 2.46. The highest BCUT2D eigenvalue weighted by molar-refractivity contribution is 7.98. The van der Waals surface area contributed by atoms with E-state index < -0.39 is 0 Å². The summed E-state index contributed by atoms with van der Waals surface area (Å²) < 4.78 is 0. The minimum absolute atomic E-state index is 0.0607. The van der Waals surface area contributed by atoms with Crippen LogP contribution in [0.5, 0.6) is 0 Å². The molecule has 0 saturated carbocycles. The van der Waals surface area contributed by atoms with Crippen LogP contribution in [-0.2, 0) is 5.75 Å². The number of carbonyl (C=O) groups excluding carboxylic acids is 1. The molecule has 1 N–H and O–H groups in total. The summed E-state index contributed by atoms with van der Waals surface area (Å²) in [6.07, 6.45) is 6.26. The molecule has 28 heavy (non-hydrogen) atoms. The molecule has 2 aliphatic rings. The Morgan fingerprint density at radius 3 is 3.07 bits per heavy atom. The average Bonchev–Trinajstić information content (AvgIpc) is 3.16. The molecule has 0 spiro atoms. The van der Waals surface area contributed by atoms with Gasteiger partial charge in [0.15, 0.2) is 0 Å². The molecule has 150 valence electrons.